The lowest BCUT2D eigenvalue weighted by molar-refractivity contribution is -0.385. The molecule has 0 unspecified atom stereocenters. The van der Waals surface area contributed by atoms with Gasteiger partial charge in [0.2, 0.25) is 0 Å². The molecule has 0 aliphatic rings. The molecule has 0 atom stereocenters. The highest BCUT2D eigenvalue weighted by molar-refractivity contribution is 5.97. The molecule has 2 aromatic rings. The lowest BCUT2D eigenvalue weighted by Crippen LogP contribution is -2.08. The number of carbonyl (C=O) groups excluding carboxylic acids is 1. The zero-order chi connectivity index (χ0) is 19.1. The second-order valence-corrected chi connectivity index (χ2v) is 5.95. The lowest BCUT2D eigenvalue weighted by Gasteiger charge is -2.06. The third kappa shape index (κ3) is 4.77. The van der Waals surface area contributed by atoms with Crippen LogP contribution in [-0.2, 0) is 16.1 Å². The van der Waals surface area contributed by atoms with Gasteiger partial charge in [-0.05, 0) is 29.2 Å². The third-order valence-corrected chi connectivity index (χ3v) is 3.80. The predicted molar refractivity (Wildman–Crippen MR) is 97.0 cm³/mol. The summed E-state index contributed by atoms with van der Waals surface area (Å²) in [6.07, 6.45) is 1.44. The minimum absolute atomic E-state index is 0.132. The summed E-state index contributed by atoms with van der Waals surface area (Å²) in [7, 11) is 0. The van der Waals surface area contributed by atoms with Crippen LogP contribution >= 0.6 is 0 Å². The van der Waals surface area contributed by atoms with Crippen LogP contribution in [0.5, 0.6) is 0 Å². The standard InChI is InChI=1S/C20H18N2O4/c1-14(2)16-9-7-15(8-10-16)11-18(12-21)20(23)26-13-17-5-3-4-6-19(17)22(24)25/h3-11,14H,13H2,1-2H3/b18-11+. The number of hydrogen-bond acceptors (Lipinski definition) is 5. The Kier molecular flexibility index (Phi) is 6.23. The van der Waals surface area contributed by atoms with Gasteiger partial charge in [-0.2, -0.15) is 5.26 Å². The molecule has 2 aromatic carbocycles. The molecule has 0 aromatic heterocycles. The number of hydrogen-bond donors (Lipinski definition) is 0. The molecular formula is C20H18N2O4. The van der Waals surface area contributed by atoms with Crippen molar-refractivity contribution < 1.29 is 14.5 Å². The smallest absolute Gasteiger partial charge is 0.349 e. The van der Waals surface area contributed by atoms with E-state index in [1.165, 1.54) is 24.3 Å². The van der Waals surface area contributed by atoms with Crippen molar-refractivity contribution in [1.82, 2.24) is 0 Å². The van der Waals surface area contributed by atoms with Crippen molar-refractivity contribution in [2.45, 2.75) is 26.4 Å². The van der Waals surface area contributed by atoms with E-state index >= 15 is 0 Å². The number of para-hydroxylation sites is 1. The van der Waals surface area contributed by atoms with E-state index in [2.05, 4.69) is 13.8 Å². The van der Waals surface area contributed by atoms with Crippen molar-refractivity contribution in [3.8, 4) is 6.07 Å². The van der Waals surface area contributed by atoms with E-state index in [0.717, 1.165) is 5.56 Å². The van der Waals surface area contributed by atoms with Gasteiger partial charge in [0.25, 0.3) is 5.69 Å². The minimum atomic E-state index is -0.821. The fourth-order valence-electron chi connectivity index (χ4n) is 2.31. The average molecular weight is 350 g/mol. The van der Waals surface area contributed by atoms with Gasteiger partial charge >= 0.3 is 5.97 Å². The van der Waals surface area contributed by atoms with Crippen molar-refractivity contribution in [2.75, 3.05) is 0 Å². The highest BCUT2D eigenvalue weighted by atomic mass is 16.6. The summed E-state index contributed by atoms with van der Waals surface area (Å²) in [5.74, 6) is -0.436. The van der Waals surface area contributed by atoms with Crippen LogP contribution < -0.4 is 0 Å². The molecule has 0 N–H and O–H groups in total. The second kappa shape index (κ2) is 8.58. The number of rotatable bonds is 6. The number of carbonyl (C=O) groups is 1. The Bertz CT molecular complexity index is 877. The molecule has 0 radical (unpaired) electrons. The monoisotopic (exact) mass is 350 g/mol. The second-order valence-electron chi connectivity index (χ2n) is 5.95. The van der Waals surface area contributed by atoms with Gasteiger partial charge in [0, 0.05) is 6.07 Å². The number of nitro groups is 1. The Morgan fingerprint density at radius 2 is 1.88 bits per heavy atom. The molecule has 0 saturated heterocycles. The molecule has 26 heavy (non-hydrogen) atoms. The molecule has 0 aliphatic heterocycles. The molecule has 6 heteroatoms. The average Bonchev–Trinajstić information content (AvgIpc) is 2.64. The van der Waals surface area contributed by atoms with Crippen molar-refractivity contribution in [3.63, 3.8) is 0 Å². The summed E-state index contributed by atoms with van der Waals surface area (Å²) >= 11 is 0. The Hall–Kier alpha value is -3.46. The largest absolute Gasteiger partial charge is 0.456 e. The number of esters is 1. The Labute approximate surface area is 151 Å². The van der Waals surface area contributed by atoms with Crippen molar-refractivity contribution >= 4 is 17.7 Å². The van der Waals surface area contributed by atoms with E-state index in [1.54, 1.807) is 6.07 Å². The number of nitrogens with zero attached hydrogens (tertiary/aromatic N) is 2. The van der Waals surface area contributed by atoms with E-state index in [0.29, 0.717) is 11.5 Å². The van der Waals surface area contributed by atoms with E-state index in [4.69, 9.17) is 4.74 Å². The molecule has 2 rings (SSSR count). The van der Waals surface area contributed by atoms with Gasteiger partial charge in [0.1, 0.15) is 18.2 Å². The molecular weight excluding hydrogens is 332 g/mol. The first-order chi connectivity index (χ1) is 12.4. The summed E-state index contributed by atoms with van der Waals surface area (Å²) in [5.41, 5.74) is 1.82. The van der Waals surface area contributed by atoms with Gasteiger partial charge < -0.3 is 4.74 Å². The molecule has 0 spiro atoms. The van der Waals surface area contributed by atoms with E-state index in [9.17, 15) is 20.2 Å². The predicted octanol–water partition coefficient (Wildman–Crippen LogP) is 4.37. The van der Waals surface area contributed by atoms with Crippen LogP contribution in [0.3, 0.4) is 0 Å². The van der Waals surface area contributed by atoms with Gasteiger partial charge in [-0.3, -0.25) is 10.1 Å². The molecule has 0 saturated carbocycles. The number of nitro benzene ring substituents is 1. The molecule has 0 fully saturated rings. The maximum absolute atomic E-state index is 12.1. The summed E-state index contributed by atoms with van der Waals surface area (Å²) < 4.78 is 5.07. The Morgan fingerprint density at radius 1 is 1.23 bits per heavy atom. The first-order valence-electron chi connectivity index (χ1n) is 8.03. The SMILES string of the molecule is CC(C)c1ccc(/C=C(\C#N)C(=O)OCc2ccccc2[N+](=O)[O-])cc1. The van der Waals surface area contributed by atoms with Crippen LogP contribution in [0, 0.1) is 21.4 Å². The fourth-order valence-corrected chi connectivity index (χ4v) is 2.31. The maximum atomic E-state index is 12.1. The van der Waals surface area contributed by atoms with E-state index in [-0.39, 0.29) is 23.4 Å². The number of nitriles is 1. The van der Waals surface area contributed by atoms with Crippen LogP contribution in [0.15, 0.2) is 54.1 Å². The maximum Gasteiger partial charge on any atom is 0.349 e. The summed E-state index contributed by atoms with van der Waals surface area (Å²) in [4.78, 5) is 22.6. The topological polar surface area (TPSA) is 93.2 Å². The van der Waals surface area contributed by atoms with Crippen molar-refractivity contribution in [3.05, 3.63) is 80.9 Å². The molecule has 0 heterocycles. The molecule has 6 nitrogen and oxygen atoms in total. The van der Waals surface area contributed by atoms with Crippen molar-refractivity contribution in [2.24, 2.45) is 0 Å². The third-order valence-electron chi connectivity index (χ3n) is 3.80. The van der Waals surface area contributed by atoms with Crippen LogP contribution in [0.25, 0.3) is 6.08 Å². The lowest BCUT2D eigenvalue weighted by atomic mass is 10.0. The normalized spacial score (nSPS) is 11.1. The van der Waals surface area contributed by atoms with Gasteiger partial charge in [-0.25, -0.2) is 4.79 Å². The summed E-state index contributed by atoms with van der Waals surface area (Å²) in [6, 6.07) is 15.3. The van der Waals surface area contributed by atoms with Gasteiger partial charge in [-0.1, -0.05) is 50.2 Å². The first-order valence-corrected chi connectivity index (χ1v) is 8.03. The van der Waals surface area contributed by atoms with E-state index in [1.807, 2.05) is 30.3 Å². The highest BCUT2D eigenvalue weighted by Gasteiger charge is 2.16. The molecule has 0 bridgehead atoms. The van der Waals surface area contributed by atoms with Crippen LogP contribution in [-0.4, -0.2) is 10.9 Å². The minimum Gasteiger partial charge on any atom is -0.456 e. The summed E-state index contributed by atoms with van der Waals surface area (Å²) in [6.45, 7) is 3.87. The van der Waals surface area contributed by atoms with Crippen molar-refractivity contribution in [1.29, 1.82) is 5.26 Å². The molecule has 0 aliphatic carbocycles. The number of ether oxygens (including phenoxy) is 1. The highest BCUT2D eigenvalue weighted by Crippen LogP contribution is 2.20. The first kappa shape index (κ1) is 18.9. The fraction of sp³-hybridized carbons (Fsp3) is 0.200. The number of benzene rings is 2. The molecule has 132 valence electrons. The van der Waals surface area contributed by atoms with Gasteiger partial charge in [-0.15, -0.1) is 0 Å². The van der Waals surface area contributed by atoms with Crippen LogP contribution in [0.2, 0.25) is 0 Å². The Balaban J connectivity index is 2.12. The molecule has 0 amide bonds. The Morgan fingerprint density at radius 3 is 2.46 bits per heavy atom. The van der Waals surface area contributed by atoms with E-state index < -0.39 is 10.9 Å². The zero-order valence-electron chi connectivity index (χ0n) is 14.5. The quantitative estimate of drug-likeness (QED) is 0.253. The zero-order valence-corrected chi connectivity index (χ0v) is 14.5. The van der Waals surface area contributed by atoms with Crippen LogP contribution in [0.4, 0.5) is 5.69 Å². The summed E-state index contributed by atoms with van der Waals surface area (Å²) in [5, 5.41) is 20.2. The van der Waals surface area contributed by atoms with Gasteiger partial charge in [0.05, 0.1) is 10.5 Å². The van der Waals surface area contributed by atoms with Crippen LogP contribution in [0.1, 0.15) is 36.5 Å². The van der Waals surface area contributed by atoms with Gasteiger partial charge in [0.15, 0.2) is 0 Å².